The fraction of sp³-hybridized carbons (Fsp3) is 0.0870. The molecule has 0 bridgehead atoms. The molecule has 1 heterocycles. The van der Waals surface area contributed by atoms with Gasteiger partial charge in [0.05, 0.1) is 6.54 Å². The summed E-state index contributed by atoms with van der Waals surface area (Å²) in [6.07, 6.45) is 1.59. The maximum atomic E-state index is 13.2. The SMILES string of the molecule is Cc1ccc(NS(=O)(=O)c2cn(Cc3ccccc3)nc2-c2ccccc2)cc1. The van der Waals surface area contributed by atoms with Crippen LogP contribution in [0.25, 0.3) is 11.3 Å². The quantitative estimate of drug-likeness (QED) is 0.507. The van der Waals surface area contributed by atoms with Gasteiger partial charge in [0.25, 0.3) is 10.0 Å². The van der Waals surface area contributed by atoms with Crippen LogP contribution in [0.5, 0.6) is 0 Å². The Balaban J connectivity index is 1.74. The lowest BCUT2D eigenvalue weighted by Gasteiger charge is -2.08. The molecule has 0 spiro atoms. The molecule has 0 radical (unpaired) electrons. The molecule has 0 aliphatic carbocycles. The lowest BCUT2D eigenvalue weighted by atomic mass is 10.2. The normalized spacial score (nSPS) is 11.3. The lowest BCUT2D eigenvalue weighted by Crippen LogP contribution is -2.13. The predicted molar refractivity (Wildman–Crippen MR) is 115 cm³/mol. The Morgan fingerprint density at radius 1 is 0.862 bits per heavy atom. The van der Waals surface area contributed by atoms with Gasteiger partial charge in [-0.3, -0.25) is 9.40 Å². The van der Waals surface area contributed by atoms with E-state index in [0.717, 1.165) is 16.7 Å². The average molecular weight is 404 g/mol. The predicted octanol–water partition coefficient (Wildman–Crippen LogP) is 4.71. The van der Waals surface area contributed by atoms with E-state index in [9.17, 15) is 8.42 Å². The summed E-state index contributed by atoms with van der Waals surface area (Å²) in [5.74, 6) is 0. The van der Waals surface area contributed by atoms with Crippen LogP contribution in [0.3, 0.4) is 0 Å². The van der Waals surface area contributed by atoms with Crippen LogP contribution >= 0.6 is 0 Å². The van der Waals surface area contributed by atoms with E-state index in [1.165, 1.54) is 0 Å². The highest BCUT2D eigenvalue weighted by Crippen LogP contribution is 2.28. The van der Waals surface area contributed by atoms with Crippen molar-refractivity contribution in [3.63, 3.8) is 0 Å². The standard InChI is InChI=1S/C23H21N3O2S/c1-18-12-14-21(15-13-18)25-29(27,28)22-17-26(16-19-8-4-2-5-9-19)24-23(22)20-10-6-3-7-11-20/h2-15,17,25H,16H2,1H3. The van der Waals surface area contributed by atoms with Crippen molar-refractivity contribution in [3.8, 4) is 11.3 Å². The summed E-state index contributed by atoms with van der Waals surface area (Å²) >= 11 is 0. The van der Waals surface area contributed by atoms with Gasteiger partial charge in [-0.2, -0.15) is 5.10 Å². The first-order valence-corrected chi connectivity index (χ1v) is 10.8. The van der Waals surface area contributed by atoms with Gasteiger partial charge >= 0.3 is 0 Å². The molecule has 0 saturated carbocycles. The highest BCUT2D eigenvalue weighted by molar-refractivity contribution is 7.92. The van der Waals surface area contributed by atoms with Gasteiger partial charge in [-0.25, -0.2) is 8.42 Å². The second-order valence-corrected chi connectivity index (χ2v) is 8.51. The highest BCUT2D eigenvalue weighted by Gasteiger charge is 2.24. The Bertz CT molecular complexity index is 1200. The molecule has 146 valence electrons. The Hall–Kier alpha value is -3.38. The van der Waals surface area contributed by atoms with Crippen LogP contribution < -0.4 is 4.72 Å². The summed E-state index contributed by atoms with van der Waals surface area (Å²) in [5.41, 5.74) is 3.81. The summed E-state index contributed by atoms with van der Waals surface area (Å²) in [5, 5.41) is 4.60. The summed E-state index contributed by atoms with van der Waals surface area (Å²) in [7, 11) is -3.81. The molecular weight excluding hydrogens is 382 g/mol. The fourth-order valence-corrected chi connectivity index (χ4v) is 4.31. The summed E-state index contributed by atoms with van der Waals surface area (Å²) in [6, 6.07) is 26.4. The molecule has 1 aromatic heterocycles. The van der Waals surface area contributed by atoms with E-state index in [-0.39, 0.29) is 4.90 Å². The molecule has 0 aliphatic rings. The van der Waals surface area contributed by atoms with Crippen molar-refractivity contribution in [3.05, 3.63) is 102 Å². The second kappa shape index (κ2) is 7.93. The van der Waals surface area contributed by atoms with E-state index in [1.807, 2.05) is 79.7 Å². The molecule has 3 aromatic carbocycles. The number of aryl methyl sites for hydroxylation is 1. The Kier molecular flexibility index (Phi) is 5.18. The molecule has 0 atom stereocenters. The minimum Gasteiger partial charge on any atom is -0.280 e. The van der Waals surface area contributed by atoms with Gasteiger partial charge < -0.3 is 0 Å². The Morgan fingerprint density at radius 2 is 1.48 bits per heavy atom. The fourth-order valence-electron chi connectivity index (χ4n) is 3.08. The zero-order valence-electron chi connectivity index (χ0n) is 16.0. The van der Waals surface area contributed by atoms with Crippen molar-refractivity contribution in [1.82, 2.24) is 9.78 Å². The maximum Gasteiger partial charge on any atom is 0.265 e. The first-order valence-electron chi connectivity index (χ1n) is 9.27. The Morgan fingerprint density at radius 3 is 2.14 bits per heavy atom. The van der Waals surface area contributed by atoms with E-state index in [0.29, 0.717) is 17.9 Å². The number of rotatable bonds is 6. The average Bonchev–Trinajstić information content (AvgIpc) is 3.16. The minimum atomic E-state index is -3.81. The summed E-state index contributed by atoms with van der Waals surface area (Å²) in [6.45, 7) is 2.44. The van der Waals surface area contributed by atoms with Crippen LogP contribution in [0.1, 0.15) is 11.1 Å². The number of hydrogen-bond acceptors (Lipinski definition) is 3. The van der Waals surface area contributed by atoms with E-state index in [4.69, 9.17) is 0 Å². The number of benzene rings is 3. The third-order valence-electron chi connectivity index (χ3n) is 4.56. The van der Waals surface area contributed by atoms with Crippen molar-refractivity contribution in [2.24, 2.45) is 0 Å². The third kappa shape index (κ3) is 4.38. The van der Waals surface area contributed by atoms with E-state index >= 15 is 0 Å². The van der Waals surface area contributed by atoms with Crippen molar-refractivity contribution in [2.75, 3.05) is 4.72 Å². The topological polar surface area (TPSA) is 64.0 Å². The van der Waals surface area contributed by atoms with E-state index in [1.54, 1.807) is 23.0 Å². The van der Waals surface area contributed by atoms with Crippen molar-refractivity contribution < 1.29 is 8.42 Å². The van der Waals surface area contributed by atoms with Crippen LogP contribution in [0, 0.1) is 6.92 Å². The molecule has 5 nitrogen and oxygen atoms in total. The molecule has 0 amide bonds. The molecule has 0 aliphatic heterocycles. The van der Waals surface area contributed by atoms with E-state index < -0.39 is 10.0 Å². The van der Waals surface area contributed by atoms with E-state index in [2.05, 4.69) is 9.82 Å². The van der Waals surface area contributed by atoms with Crippen LogP contribution in [0.4, 0.5) is 5.69 Å². The summed E-state index contributed by atoms with van der Waals surface area (Å²) < 4.78 is 30.7. The van der Waals surface area contributed by atoms with Crippen molar-refractivity contribution in [1.29, 1.82) is 0 Å². The number of nitrogens with zero attached hydrogens (tertiary/aromatic N) is 2. The second-order valence-electron chi connectivity index (χ2n) is 6.86. The van der Waals surface area contributed by atoms with Gasteiger partial charge in [0.1, 0.15) is 10.6 Å². The first kappa shape index (κ1) is 19.0. The zero-order valence-corrected chi connectivity index (χ0v) is 16.8. The molecule has 4 rings (SSSR count). The number of hydrogen-bond donors (Lipinski definition) is 1. The van der Waals surface area contributed by atoms with Crippen LogP contribution in [-0.2, 0) is 16.6 Å². The largest absolute Gasteiger partial charge is 0.280 e. The molecule has 0 unspecified atom stereocenters. The minimum absolute atomic E-state index is 0.153. The molecule has 4 aromatic rings. The molecule has 29 heavy (non-hydrogen) atoms. The monoisotopic (exact) mass is 403 g/mol. The van der Waals surface area contributed by atoms with Gasteiger partial charge in [0.2, 0.25) is 0 Å². The highest BCUT2D eigenvalue weighted by atomic mass is 32.2. The molecule has 0 saturated heterocycles. The van der Waals surface area contributed by atoms with Gasteiger partial charge in [-0.1, -0.05) is 78.4 Å². The van der Waals surface area contributed by atoms with Crippen LogP contribution in [-0.4, -0.2) is 18.2 Å². The van der Waals surface area contributed by atoms with Gasteiger partial charge in [-0.05, 0) is 24.6 Å². The van der Waals surface area contributed by atoms with Crippen molar-refractivity contribution >= 4 is 15.7 Å². The molecule has 1 N–H and O–H groups in total. The zero-order chi connectivity index (χ0) is 20.3. The van der Waals surface area contributed by atoms with Gasteiger partial charge in [0, 0.05) is 17.4 Å². The Labute approximate surface area is 170 Å². The molecular formula is C23H21N3O2S. The maximum absolute atomic E-state index is 13.2. The van der Waals surface area contributed by atoms with Crippen molar-refractivity contribution in [2.45, 2.75) is 18.4 Å². The van der Waals surface area contributed by atoms with Gasteiger partial charge in [-0.15, -0.1) is 0 Å². The number of sulfonamides is 1. The van der Waals surface area contributed by atoms with Crippen LogP contribution in [0.2, 0.25) is 0 Å². The molecule has 6 heteroatoms. The van der Waals surface area contributed by atoms with Gasteiger partial charge in [0.15, 0.2) is 0 Å². The third-order valence-corrected chi connectivity index (χ3v) is 5.94. The smallest absolute Gasteiger partial charge is 0.265 e. The number of anilines is 1. The van der Waals surface area contributed by atoms with Crippen LogP contribution in [0.15, 0.2) is 96.0 Å². The first-order chi connectivity index (χ1) is 14.0. The lowest BCUT2D eigenvalue weighted by molar-refractivity contribution is 0.601. The molecule has 0 fully saturated rings. The number of aromatic nitrogens is 2. The number of nitrogens with one attached hydrogen (secondary N) is 1. The summed E-state index contributed by atoms with van der Waals surface area (Å²) in [4.78, 5) is 0.153.